The Labute approximate surface area is 229 Å². The molecule has 0 spiro atoms. The predicted octanol–water partition coefficient (Wildman–Crippen LogP) is 3.90. The molecule has 3 atom stereocenters. The zero-order valence-electron chi connectivity index (χ0n) is 22.2. The highest BCUT2D eigenvalue weighted by molar-refractivity contribution is 5.86. The summed E-state index contributed by atoms with van der Waals surface area (Å²) in [5, 5.41) is 9.58. The summed E-state index contributed by atoms with van der Waals surface area (Å²) >= 11 is 0. The van der Waals surface area contributed by atoms with Gasteiger partial charge < -0.3 is 19.6 Å². The molecule has 1 N–H and O–H groups in total. The summed E-state index contributed by atoms with van der Waals surface area (Å²) in [5.41, 5.74) is 1.81. The number of hydrogen-bond donors (Lipinski definition) is 1. The fourth-order valence-electron chi connectivity index (χ4n) is 5.35. The molecule has 2 heterocycles. The number of aliphatic hydroxyl groups is 1. The maximum atomic E-state index is 13.6. The lowest BCUT2D eigenvalue weighted by Crippen LogP contribution is -2.44. The Morgan fingerprint density at radius 2 is 1.72 bits per heavy atom. The van der Waals surface area contributed by atoms with Gasteiger partial charge in [0.1, 0.15) is 12.4 Å². The summed E-state index contributed by atoms with van der Waals surface area (Å²) in [7, 11) is 0. The molecule has 0 saturated carbocycles. The number of allylic oxidation sites excluding steroid dienone is 2. The van der Waals surface area contributed by atoms with Gasteiger partial charge in [-0.25, -0.2) is 4.39 Å². The van der Waals surface area contributed by atoms with Crippen molar-refractivity contribution in [2.45, 2.75) is 51.1 Å². The molecule has 7 nitrogen and oxygen atoms in total. The molecular weight excluding hydrogens is 499 g/mol. The number of benzene rings is 2. The van der Waals surface area contributed by atoms with Crippen LogP contribution < -0.4 is 0 Å². The van der Waals surface area contributed by atoms with Crippen LogP contribution in [0.2, 0.25) is 0 Å². The van der Waals surface area contributed by atoms with E-state index in [1.807, 2.05) is 42.5 Å². The average Bonchev–Trinajstić information content (AvgIpc) is 3.41. The molecular formula is C31H37FN2O5. The van der Waals surface area contributed by atoms with Gasteiger partial charge >= 0.3 is 5.97 Å². The normalized spacial score (nSPS) is 22.8. The highest BCUT2D eigenvalue weighted by Gasteiger charge is 2.35. The second-order valence-corrected chi connectivity index (χ2v) is 10.4. The first-order valence-corrected chi connectivity index (χ1v) is 13.7. The molecule has 2 aliphatic rings. The Morgan fingerprint density at radius 3 is 2.44 bits per heavy atom. The second kappa shape index (κ2) is 14.0. The van der Waals surface area contributed by atoms with E-state index in [0.29, 0.717) is 32.4 Å². The van der Waals surface area contributed by atoms with Gasteiger partial charge in [-0.3, -0.25) is 14.4 Å². The van der Waals surface area contributed by atoms with Gasteiger partial charge in [0.05, 0.1) is 24.5 Å². The SMILES string of the molecule is O=C1OC[C@@H]2CCCN2C(=O)[C@@H](CC(=O)N(CCO)Cc2ccccc2)C/C=C\C[C@@H]1Cc1ccc(F)cc1. The molecule has 8 heteroatoms. The summed E-state index contributed by atoms with van der Waals surface area (Å²) in [6.45, 7) is 1.09. The predicted molar refractivity (Wildman–Crippen MR) is 145 cm³/mol. The topological polar surface area (TPSA) is 87.2 Å². The summed E-state index contributed by atoms with van der Waals surface area (Å²) in [4.78, 5) is 43.3. The van der Waals surface area contributed by atoms with Gasteiger partial charge in [-0.2, -0.15) is 0 Å². The Balaban J connectivity index is 1.50. The largest absolute Gasteiger partial charge is 0.463 e. The van der Waals surface area contributed by atoms with Crippen LogP contribution in [0.1, 0.15) is 43.2 Å². The third kappa shape index (κ3) is 7.99. The molecule has 1 fully saturated rings. The fourth-order valence-corrected chi connectivity index (χ4v) is 5.35. The third-order valence-corrected chi connectivity index (χ3v) is 7.52. The van der Waals surface area contributed by atoms with E-state index in [4.69, 9.17) is 4.74 Å². The number of rotatable bonds is 8. The lowest BCUT2D eigenvalue weighted by atomic mass is 9.94. The molecule has 0 unspecified atom stereocenters. The van der Waals surface area contributed by atoms with E-state index in [1.165, 1.54) is 12.1 Å². The minimum atomic E-state index is -0.544. The van der Waals surface area contributed by atoms with Crippen LogP contribution in [-0.2, 0) is 32.1 Å². The van der Waals surface area contributed by atoms with Crippen molar-refractivity contribution < 1.29 is 28.6 Å². The first-order chi connectivity index (χ1) is 18.9. The maximum Gasteiger partial charge on any atom is 0.309 e. The van der Waals surface area contributed by atoms with Gasteiger partial charge in [-0.1, -0.05) is 54.6 Å². The maximum absolute atomic E-state index is 13.6. The lowest BCUT2D eigenvalue weighted by molar-refractivity contribution is -0.152. The Hall–Kier alpha value is -3.52. The first kappa shape index (κ1) is 28.5. The monoisotopic (exact) mass is 536 g/mol. The number of amides is 2. The molecule has 208 valence electrons. The minimum Gasteiger partial charge on any atom is -0.463 e. The molecule has 0 radical (unpaired) electrons. The van der Waals surface area contributed by atoms with Crippen molar-refractivity contribution >= 4 is 17.8 Å². The second-order valence-electron chi connectivity index (χ2n) is 10.4. The number of hydrogen-bond acceptors (Lipinski definition) is 5. The van der Waals surface area contributed by atoms with Crippen LogP contribution in [0.4, 0.5) is 4.39 Å². The number of aliphatic hydroxyl groups excluding tert-OH is 1. The van der Waals surface area contributed by atoms with Crippen molar-refractivity contribution in [2.75, 3.05) is 26.3 Å². The van der Waals surface area contributed by atoms with Gasteiger partial charge in [-0.15, -0.1) is 0 Å². The van der Waals surface area contributed by atoms with E-state index in [1.54, 1.807) is 21.9 Å². The number of carbonyl (C=O) groups is 3. The number of esters is 1. The van der Waals surface area contributed by atoms with E-state index in [2.05, 4.69) is 0 Å². The molecule has 2 aromatic carbocycles. The number of fused-ring (bicyclic) bond motifs is 1. The quantitative estimate of drug-likeness (QED) is 0.409. The van der Waals surface area contributed by atoms with E-state index >= 15 is 0 Å². The molecule has 0 aromatic heterocycles. The van der Waals surface area contributed by atoms with Crippen LogP contribution in [0, 0.1) is 17.7 Å². The van der Waals surface area contributed by atoms with Crippen molar-refractivity contribution in [2.24, 2.45) is 11.8 Å². The van der Waals surface area contributed by atoms with Gasteiger partial charge in [0, 0.05) is 26.1 Å². The molecule has 4 rings (SSSR count). The van der Waals surface area contributed by atoms with E-state index in [-0.39, 0.29) is 55.8 Å². The van der Waals surface area contributed by atoms with Gasteiger partial charge in [-0.05, 0) is 55.4 Å². The summed E-state index contributed by atoms with van der Waals surface area (Å²) < 4.78 is 19.0. The summed E-state index contributed by atoms with van der Waals surface area (Å²) in [5.74, 6) is -1.90. The number of cyclic esters (lactones) is 1. The zero-order chi connectivity index (χ0) is 27.6. The summed E-state index contributed by atoms with van der Waals surface area (Å²) in [6, 6.07) is 15.5. The van der Waals surface area contributed by atoms with Crippen molar-refractivity contribution in [1.29, 1.82) is 0 Å². The van der Waals surface area contributed by atoms with E-state index in [9.17, 15) is 23.9 Å². The van der Waals surface area contributed by atoms with Crippen molar-refractivity contribution in [3.05, 3.63) is 83.7 Å². The number of ether oxygens (including phenoxy) is 1. The van der Waals surface area contributed by atoms with Crippen LogP contribution >= 0.6 is 0 Å². The standard InChI is InChI=1S/C31H37FN2O5/c32-27-14-12-23(13-15-27)19-26-10-5-4-9-25(30(37)34-16-6-11-28(34)22-39-31(26)38)20-29(36)33(17-18-35)21-24-7-2-1-3-8-24/h1-5,7-8,12-15,25-26,28,35H,6,9-11,16-22H2/b5-4-/t25-,26-,28+/m1/s1. The molecule has 0 bridgehead atoms. The van der Waals surface area contributed by atoms with Crippen LogP contribution in [0.3, 0.4) is 0 Å². The number of carbonyl (C=O) groups excluding carboxylic acids is 3. The van der Waals surface area contributed by atoms with Crippen molar-refractivity contribution in [3.63, 3.8) is 0 Å². The smallest absolute Gasteiger partial charge is 0.309 e. The van der Waals surface area contributed by atoms with Gasteiger partial charge in [0.15, 0.2) is 0 Å². The van der Waals surface area contributed by atoms with Crippen LogP contribution in [0.15, 0.2) is 66.7 Å². The van der Waals surface area contributed by atoms with Gasteiger partial charge in [0.2, 0.25) is 11.8 Å². The Morgan fingerprint density at radius 1 is 1.00 bits per heavy atom. The fraction of sp³-hybridized carbons (Fsp3) is 0.452. The number of halogens is 1. The Kier molecular flexibility index (Phi) is 10.3. The highest BCUT2D eigenvalue weighted by Crippen LogP contribution is 2.26. The number of nitrogens with zero attached hydrogens (tertiary/aromatic N) is 2. The van der Waals surface area contributed by atoms with E-state index < -0.39 is 11.8 Å². The first-order valence-electron chi connectivity index (χ1n) is 13.7. The highest BCUT2D eigenvalue weighted by atomic mass is 19.1. The van der Waals surface area contributed by atoms with E-state index in [0.717, 1.165) is 24.0 Å². The zero-order valence-corrected chi connectivity index (χ0v) is 22.2. The van der Waals surface area contributed by atoms with Gasteiger partial charge in [0.25, 0.3) is 0 Å². The molecule has 2 aromatic rings. The molecule has 1 saturated heterocycles. The molecule has 2 amide bonds. The molecule has 2 aliphatic heterocycles. The summed E-state index contributed by atoms with van der Waals surface area (Å²) in [6.07, 6.45) is 6.57. The minimum absolute atomic E-state index is 0.0397. The molecule has 0 aliphatic carbocycles. The van der Waals surface area contributed by atoms with Crippen molar-refractivity contribution in [3.8, 4) is 0 Å². The van der Waals surface area contributed by atoms with Crippen LogP contribution in [-0.4, -0.2) is 65.0 Å². The third-order valence-electron chi connectivity index (χ3n) is 7.52. The Bertz CT molecular complexity index is 1140. The van der Waals surface area contributed by atoms with Crippen LogP contribution in [0.5, 0.6) is 0 Å². The van der Waals surface area contributed by atoms with Crippen molar-refractivity contribution in [1.82, 2.24) is 9.80 Å². The molecule has 39 heavy (non-hydrogen) atoms. The average molecular weight is 537 g/mol. The van der Waals surface area contributed by atoms with Crippen LogP contribution in [0.25, 0.3) is 0 Å². The lowest BCUT2D eigenvalue weighted by Gasteiger charge is -2.30.